The molecule has 1 aromatic carbocycles. The van der Waals surface area contributed by atoms with Crippen LogP contribution in [0.3, 0.4) is 0 Å². The molecule has 1 aromatic rings. The molecule has 0 unspecified atom stereocenters. The summed E-state index contributed by atoms with van der Waals surface area (Å²) in [7, 11) is 1.69. The van der Waals surface area contributed by atoms with Crippen LogP contribution >= 0.6 is 0 Å². The second-order valence-corrected chi connectivity index (χ2v) is 6.97. The van der Waals surface area contributed by atoms with E-state index in [-0.39, 0.29) is 6.10 Å². The largest absolute Gasteiger partial charge is 0.497 e. The van der Waals surface area contributed by atoms with E-state index in [1.165, 1.54) is 10.6 Å². The number of quaternary nitrogens is 1. The van der Waals surface area contributed by atoms with Gasteiger partial charge in [0, 0.05) is 12.3 Å². The number of hydrogen-bond acceptors (Lipinski definition) is 5. The zero-order valence-electron chi connectivity index (χ0n) is 15.2. The fourth-order valence-corrected chi connectivity index (χ4v) is 3.58. The summed E-state index contributed by atoms with van der Waals surface area (Å²) in [5, 5.41) is 10.2. The molecule has 2 aliphatic heterocycles. The minimum atomic E-state index is -0.399. The molecular weight excluding hydrogens is 320 g/mol. The first kappa shape index (κ1) is 18.5. The minimum absolute atomic E-state index is 0.229. The highest BCUT2D eigenvalue weighted by Gasteiger charge is 2.23. The monoisotopic (exact) mass is 351 g/mol. The van der Waals surface area contributed by atoms with Crippen molar-refractivity contribution in [3.63, 3.8) is 0 Å². The van der Waals surface area contributed by atoms with Crippen LogP contribution < -0.4 is 14.5 Å². The molecule has 0 aliphatic carbocycles. The Morgan fingerprint density at radius 2 is 2.04 bits per heavy atom. The number of aliphatic hydroxyl groups is 1. The lowest BCUT2D eigenvalue weighted by Gasteiger charge is -2.34. The summed E-state index contributed by atoms with van der Waals surface area (Å²) in [5.74, 6) is 0.888. The van der Waals surface area contributed by atoms with E-state index in [1.54, 1.807) is 7.11 Å². The Bertz CT molecular complexity index is 497. The molecule has 140 valence electrons. The van der Waals surface area contributed by atoms with E-state index in [0.29, 0.717) is 13.2 Å². The van der Waals surface area contributed by atoms with E-state index in [1.807, 2.05) is 12.1 Å². The molecule has 2 atom stereocenters. The smallest absolute Gasteiger partial charge is 0.126 e. The molecule has 3 rings (SSSR count). The molecule has 0 radical (unpaired) electrons. The van der Waals surface area contributed by atoms with Crippen molar-refractivity contribution in [1.29, 1.82) is 0 Å². The zero-order chi connectivity index (χ0) is 17.5. The van der Waals surface area contributed by atoms with Crippen LogP contribution in [0.5, 0.6) is 5.75 Å². The van der Waals surface area contributed by atoms with Gasteiger partial charge in [0.15, 0.2) is 0 Å². The standard InChI is InChI=1S/C19H30N2O4/c1-23-18-6-4-16(5-7-18)21-10-8-20(9-11-21)13-17(22)14-24-15-19-3-2-12-25-19/h4-7,17,19,22H,2-3,8-15H2,1H3/p+1/t17-,19+/m0/s1. The number of ether oxygens (including phenoxy) is 3. The van der Waals surface area contributed by atoms with Gasteiger partial charge < -0.3 is 29.1 Å². The van der Waals surface area contributed by atoms with Crippen LogP contribution in [0.25, 0.3) is 0 Å². The number of anilines is 1. The zero-order valence-corrected chi connectivity index (χ0v) is 15.2. The first-order valence-electron chi connectivity index (χ1n) is 9.34. The second kappa shape index (κ2) is 9.38. The van der Waals surface area contributed by atoms with Crippen LogP contribution in [0.1, 0.15) is 12.8 Å². The summed E-state index contributed by atoms with van der Waals surface area (Å²) in [4.78, 5) is 3.83. The molecule has 2 aliphatic rings. The SMILES string of the molecule is COc1ccc(N2CC[NH+](C[C@H](O)COC[C@H]3CCCO3)CC2)cc1. The second-order valence-electron chi connectivity index (χ2n) is 6.97. The third kappa shape index (κ3) is 5.57. The molecule has 0 amide bonds. The molecule has 0 bridgehead atoms. The van der Waals surface area contributed by atoms with Gasteiger partial charge in [0.05, 0.1) is 52.6 Å². The summed E-state index contributed by atoms with van der Waals surface area (Å²) >= 11 is 0. The number of aliphatic hydroxyl groups excluding tert-OH is 1. The Hall–Kier alpha value is -1.34. The summed E-state index contributed by atoms with van der Waals surface area (Å²) < 4.78 is 16.4. The van der Waals surface area contributed by atoms with Crippen molar-refractivity contribution in [2.24, 2.45) is 0 Å². The van der Waals surface area contributed by atoms with E-state index >= 15 is 0 Å². The number of rotatable bonds is 8. The maximum Gasteiger partial charge on any atom is 0.126 e. The number of nitrogens with zero attached hydrogens (tertiary/aromatic N) is 1. The van der Waals surface area contributed by atoms with Crippen LogP contribution in [0.2, 0.25) is 0 Å². The van der Waals surface area contributed by atoms with Crippen LogP contribution in [0.15, 0.2) is 24.3 Å². The van der Waals surface area contributed by atoms with E-state index in [2.05, 4.69) is 17.0 Å². The predicted molar refractivity (Wildman–Crippen MR) is 96.6 cm³/mol. The van der Waals surface area contributed by atoms with Crippen molar-refractivity contribution in [3.05, 3.63) is 24.3 Å². The first-order chi connectivity index (χ1) is 12.2. The third-order valence-electron chi connectivity index (χ3n) is 5.07. The summed E-state index contributed by atoms with van der Waals surface area (Å²) in [6, 6.07) is 8.22. The van der Waals surface area contributed by atoms with E-state index in [0.717, 1.165) is 57.9 Å². The molecule has 25 heavy (non-hydrogen) atoms. The molecular formula is C19H31N2O4+. The Kier molecular flexibility index (Phi) is 6.93. The van der Waals surface area contributed by atoms with E-state index in [4.69, 9.17) is 14.2 Å². The topological polar surface area (TPSA) is 55.6 Å². The Labute approximate surface area is 150 Å². The Morgan fingerprint density at radius 3 is 2.68 bits per heavy atom. The van der Waals surface area contributed by atoms with Crippen molar-refractivity contribution in [2.45, 2.75) is 25.0 Å². The number of benzene rings is 1. The fourth-order valence-electron chi connectivity index (χ4n) is 3.58. The number of hydrogen-bond donors (Lipinski definition) is 2. The molecule has 2 fully saturated rings. The molecule has 0 saturated carbocycles. The van der Waals surface area contributed by atoms with Gasteiger partial charge in [-0.25, -0.2) is 0 Å². The normalized spacial score (nSPS) is 23.0. The molecule has 0 aromatic heterocycles. The first-order valence-corrected chi connectivity index (χ1v) is 9.34. The van der Waals surface area contributed by atoms with Gasteiger partial charge in [-0.3, -0.25) is 0 Å². The van der Waals surface area contributed by atoms with Gasteiger partial charge in [-0.15, -0.1) is 0 Å². The highest BCUT2D eigenvalue weighted by Crippen LogP contribution is 2.19. The van der Waals surface area contributed by atoms with Gasteiger partial charge in [0.2, 0.25) is 0 Å². The van der Waals surface area contributed by atoms with Crippen LogP contribution in [-0.4, -0.2) is 77.0 Å². The Morgan fingerprint density at radius 1 is 1.28 bits per heavy atom. The number of piperazine rings is 1. The van der Waals surface area contributed by atoms with Gasteiger partial charge in [0.1, 0.15) is 18.4 Å². The summed E-state index contributed by atoms with van der Waals surface area (Å²) in [6.45, 7) is 6.70. The summed E-state index contributed by atoms with van der Waals surface area (Å²) in [6.07, 6.45) is 2.03. The Balaban J connectivity index is 1.33. The van der Waals surface area contributed by atoms with Gasteiger partial charge in [-0.2, -0.15) is 0 Å². The average molecular weight is 351 g/mol. The van der Waals surface area contributed by atoms with E-state index in [9.17, 15) is 5.11 Å². The van der Waals surface area contributed by atoms with Gasteiger partial charge in [-0.1, -0.05) is 0 Å². The van der Waals surface area contributed by atoms with Crippen molar-refractivity contribution < 1.29 is 24.2 Å². The molecule has 6 heteroatoms. The van der Waals surface area contributed by atoms with Gasteiger partial charge >= 0.3 is 0 Å². The number of nitrogens with one attached hydrogen (secondary N) is 1. The van der Waals surface area contributed by atoms with Crippen molar-refractivity contribution in [1.82, 2.24) is 0 Å². The van der Waals surface area contributed by atoms with Gasteiger partial charge in [0.25, 0.3) is 0 Å². The van der Waals surface area contributed by atoms with Crippen molar-refractivity contribution in [3.8, 4) is 5.75 Å². The lowest BCUT2D eigenvalue weighted by atomic mass is 10.2. The minimum Gasteiger partial charge on any atom is -0.497 e. The van der Waals surface area contributed by atoms with Crippen LogP contribution in [0, 0.1) is 0 Å². The van der Waals surface area contributed by atoms with Crippen molar-refractivity contribution in [2.75, 3.05) is 64.6 Å². The van der Waals surface area contributed by atoms with Gasteiger partial charge in [-0.05, 0) is 37.1 Å². The molecule has 2 saturated heterocycles. The quantitative estimate of drug-likeness (QED) is 0.688. The van der Waals surface area contributed by atoms with Crippen LogP contribution in [0.4, 0.5) is 5.69 Å². The lowest BCUT2D eigenvalue weighted by Crippen LogP contribution is -3.16. The molecule has 0 spiro atoms. The fraction of sp³-hybridized carbons (Fsp3) is 0.684. The maximum absolute atomic E-state index is 10.2. The molecule has 6 nitrogen and oxygen atoms in total. The third-order valence-corrected chi connectivity index (χ3v) is 5.07. The highest BCUT2D eigenvalue weighted by molar-refractivity contribution is 5.49. The average Bonchev–Trinajstić information content (AvgIpc) is 3.16. The summed E-state index contributed by atoms with van der Waals surface area (Å²) in [5.41, 5.74) is 1.24. The lowest BCUT2D eigenvalue weighted by molar-refractivity contribution is -0.903. The van der Waals surface area contributed by atoms with Crippen LogP contribution in [-0.2, 0) is 9.47 Å². The van der Waals surface area contributed by atoms with Crippen molar-refractivity contribution >= 4 is 5.69 Å². The van der Waals surface area contributed by atoms with E-state index < -0.39 is 6.10 Å². The maximum atomic E-state index is 10.2. The number of methoxy groups -OCH3 is 1. The predicted octanol–water partition coefficient (Wildman–Crippen LogP) is -0.0434. The highest BCUT2D eigenvalue weighted by atomic mass is 16.5. The molecule has 2 heterocycles. The molecule has 2 N–H and O–H groups in total.